The van der Waals surface area contributed by atoms with Crippen LogP contribution in [0.4, 0.5) is 0 Å². The summed E-state index contributed by atoms with van der Waals surface area (Å²) in [5, 5.41) is 0. The maximum absolute atomic E-state index is 11.9. The fraction of sp³-hybridized carbons (Fsp3) is 0.250. The van der Waals surface area contributed by atoms with Gasteiger partial charge in [-0.2, -0.15) is 0 Å². The number of nitrogens with one attached hydrogen (secondary N) is 2. The number of benzene rings is 1. The number of thiophene rings is 1. The molecule has 0 fully saturated rings. The van der Waals surface area contributed by atoms with Crippen molar-refractivity contribution in [1.82, 2.24) is 10.9 Å². The number of hydrogen-bond donors (Lipinski definition) is 2. The third kappa shape index (κ3) is 5.61. The zero-order valence-electron chi connectivity index (χ0n) is 12.9. The normalized spacial score (nSPS) is 10.3. The first-order chi connectivity index (χ1) is 11.5. The molecule has 5 nitrogen and oxygen atoms in total. The second-order valence-electron chi connectivity index (χ2n) is 4.92. The quantitative estimate of drug-likeness (QED) is 0.619. The molecule has 8 heteroatoms. The molecule has 0 aliphatic carbocycles. The molecule has 2 rings (SSSR count). The smallest absolute Gasteiger partial charge is 0.279 e. The monoisotopic (exact) mass is 474 g/mol. The predicted octanol–water partition coefficient (Wildman–Crippen LogP) is 4.07. The molecule has 0 radical (unpaired) electrons. The van der Waals surface area contributed by atoms with Crippen molar-refractivity contribution in [3.63, 3.8) is 0 Å². The Kier molecular flexibility index (Phi) is 7.26. The molecule has 0 saturated carbocycles. The molecule has 0 bridgehead atoms. The van der Waals surface area contributed by atoms with Gasteiger partial charge in [0.25, 0.3) is 11.8 Å². The average molecular weight is 476 g/mol. The van der Waals surface area contributed by atoms with Crippen molar-refractivity contribution in [3.05, 3.63) is 49.0 Å². The largest absolute Gasteiger partial charge is 0.484 e. The number of ether oxygens (including phenoxy) is 1. The molecule has 128 valence electrons. The standard InChI is InChI=1S/C16H16Br2N2O3S/c1-2-3-10-4-6-11(7-5-10)23-9-14(21)19-20-16(22)13-8-12(17)15(18)24-13/h4-8H,2-3,9H2,1H3,(H,19,21)(H,20,22). The minimum absolute atomic E-state index is 0.175. The van der Waals surface area contributed by atoms with E-state index < -0.39 is 5.91 Å². The van der Waals surface area contributed by atoms with Crippen molar-refractivity contribution in [2.24, 2.45) is 0 Å². The molecule has 1 heterocycles. The van der Waals surface area contributed by atoms with E-state index in [9.17, 15) is 9.59 Å². The summed E-state index contributed by atoms with van der Waals surface area (Å²) < 4.78 is 6.99. The molecule has 0 aliphatic heterocycles. The first-order valence-electron chi connectivity index (χ1n) is 7.25. The van der Waals surface area contributed by atoms with Gasteiger partial charge in [-0.15, -0.1) is 11.3 Å². The van der Waals surface area contributed by atoms with Crippen LogP contribution in [-0.4, -0.2) is 18.4 Å². The van der Waals surface area contributed by atoms with Crippen LogP contribution in [0.15, 0.2) is 38.6 Å². The van der Waals surface area contributed by atoms with Gasteiger partial charge in [0, 0.05) is 4.47 Å². The molecule has 1 aromatic heterocycles. The van der Waals surface area contributed by atoms with Crippen molar-refractivity contribution in [3.8, 4) is 5.75 Å². The summed E-state index contributed by atoms with van der Waals surface area (Å²) in [6, 6.07) is 9.29. The fourth-order valence-electron chi connectivity index (χ4n) is 1.87. The Morgan fingerprint density at radius 3 is 2.46 bits per heavy atom. The molecule has 0 unspecified atom stereocenters. The van der Waals surface area contributed by atoms with Crippen LogP contribution in [0.3, 0.4) is 0 Å². The van der Waals surface area contributed by atoms with E-state index in [2.05, 4.69) is 49.6 Å². The summed E-state index contributed by atoms with van der Waals surface area (Å²) in [7, 11) is 0. The first kappa shape index (κ1) is 19.0. The number of carbonyl (C=O) groups excluding carboxylic acids is 2. The van der Waals surface area contributed by atoms with Crippen molar-refractivity contribution in [2.75, 3.05) is 6.61 Å². The molecule has 24 heavy (non-hydrogen) atoms. The van der Waals surface area contributed by atoms with Crippen molar-refractivity contribution >= 4 is 55.0 Å². The zero-order chi connectivity index (χ0) is 17.5. The Morgan fingerprint density at radius 1 is 1.17 bits per heavy atom. The summed E-state index contributed by atoms with van der Waals surface area (Å²) in [6.07, 6.45) is 2.10. The summed E-state index contributed by atoms with van der Waals surface area (Å²) in [6.45, 7) is 1.95. The van der Waals surface area contributed by atoms with Gasteiger partial charge in [-0.3, -0.25) is 20.4 Å². The highest BCUT2D eigenvalue weighted by Crippen LogP contribution is 2.32. The van der Waals surface area contributed by atoms with Crippen LogP contribution >= 0.6 is 43.2 Å². The minimum Gasteiger partial charge on any atom is -0.484 e. The molecule has 1 aromatic carbocycles. The van der Waals surface area contributed by atoms with Crippen LogP contribution in [0.2, 0.25) is 0 Å². The number of hydrogen-bond acceptors (Lipinski definition) is 4. The van der Waals surface area contributed by atoms with Crippen LogP contribution in [0.1, 0.15) is 28.6 Å². The van der Waals surface area contributed by atoms with Crippen LogP contribution in [0.25, 0.3) is 0 Å². The summed E-state index contributed by atoms with van der Waals surface area (Å²) >= 11 is 7.89. The SMILES string of the molecule is CCCc1ccc(OCC(=O)NNC(=O)c2cc(Br)c(Br)s2)cc1. The van der Waals surface area contributed by atoms with Crippen molar-refractivity contribution in [1.29, 1.82) is 0 Å². The van der Waals surface area contributed by atoms with E-state index in [1.807, 2.05) is 24.3 Å². The molecular formula is C16H16Br2N2O3S. The van der Waals surface area contributed by atoms with Gasteiger partial charge in [0.2, 0.25) is 0 Å². The summed E-state index contributed by atoms with van der Waals surface area (Å²) in [4.78, 5) is 24.1. The molecular weight excluding hydrogens is 460 g/mol. The predicted molar refractivity (Wildman–Crippen MR) is 101 cm³/mol. The minimum atomic E-state index is -0.435. The number of hydrazine groups is 1. The number of amides is 2. The highest BCUT2D eigenvalue weighted by Gasteiger charge is 2.13. The third-order valence-electron chi connectivity index (χ3n) is 3.02. The van der Waals surface area contributed by atoms with Crippen LogP contribution in [0.5, 0.6) is 5.75 Å². The Hall–Kier alpha value is -1.38. The van der Waals surface area contributed by atoms with Gasteiger partial charge in [-0.05, 0) is 62.0 Å². The molecule has 2 N–H and O–H groups in total. The molecule has 2 aromatic rings. The van der Waals surface area contributed by atoms with Crippen molar-refractivity contribution < 1.29 is 14.3 Å². The van der Waals surface area contributed by atoms with Crippen LogP contribution in [-0.2, 0) is 11.2 Å². The zero-order valence-corrected chi connectivity index (χ0v) is 16.9. The van der Waals surface area contributed by atoms with E-state index in [0.717, 1.165) is 21.1 Å². The Labute approximate surface area is 161 Å². The van der Waals surface area contributed by atoms with Gasteiger partial charge in [0.05, 0.1) is 8.66 Å². The topological polar surface area (TPSA) is 67.4 Å². The van der Waals surface area contributed by atoms with Gasteiger partial charge in [0.1, 0.15) is 5.75 Å². The summed E-state index contributed by atoms with van der Waals surface area (Å²) in [5.74, 6) is -0.207. The second-order valence-corrected chi connectivity index (χ2v) is 8.14. The van der Waals surface area contributed by atoms with Crippen LogP contribution < -0.4 is 15.6 Å². The lowest BCUT2D eigenvalue weighted by molar-refractivity contribution is -0.123. The highest BCUT2D eigenvalue weighted by atomic mass is 79.9. The third-order valence-corrected chi connectivity index (χ3v) is 6.27. The van der Waals surface area contributed by atoms with Gasteiger partial charge in [-0.25, -0.2) is 0 Å². The Bertz CT molecular complexity index is 697. The Morgan fingerprint density at radius 2 is 1.88 bits per heavy atom. The highest BCUT2D eigenvalue weighted by molar-refractivity contribution is 9.13. The van der Waals surface area contributed by atoms with Gasteiger partial charge in [-0.1, -0.05) is 25.5 Å². The lowest BCUT2D eigenvalue weighted by atomic mass is 10.1. The molecule has 0 aliphatic rings. The van der Waals surface area contributed by atoms with Gasteiger partial charge < -0.3 is 4.74 Å². The average Bonchev–Trinajstić information content (AvgIpc) is 2.91. The van der Waals surface area contributed by atoms with E-state index in [-0.39, 0.29) is 12.5 Å². The molecule has 2 amide bonds. The van der Waals surface area contributed by atoms with E-state index >= 15 is 0 Å². The second kappa shape index (κ2) is 9.19. The number of halogens is 2. The van der Waals surface area contributed by atoms with Crippen molar-refractivity contribution in [2.45, 2.75) is 19.8 Å². The fourth-order valence-corrected chi connectivity index (χ4v) is 3.80. The summed E-state index contributed by atoms with van der Waals surface area (Å²) in [5.41, 5.74) is 5.91. The molecule has 0 spiro atoms. The van der Waals surface area contributed by atoms with Gasteiger partial charge in [0.15, 0.2) is 6.61 Å². The Balaban J connectivity index is 1.75. The van der Waals surface area contributed by atoms with E-state index in [1.165, 1.54) is 16.9 Å². The lowest BCUT2D eigenvalue weighted by Gasteiger charge is -2.08. The van der Waals surface area contributed by atoms with Crippen LogP contribution in [0, 0.1) is 0 Å². The number of aryl methyl sites for hydroxylation is 1. The maximum atomic E-state index is 11.9. The first-order valence-corrected chi connectivity index (χ1v) is 9.65. The maximum Gasteiger partial charge on any atom is 0.279 e. The van der Waals surface area contributed by atoms with Gasteiger partial charge >= 0.3 is 0 Å². The molecule has 0 atom stereocenters. The lowest BCUT2D eigenvalue weighted by Crippen LogP contribution is -2.43. The molecule has 0 saturated heterocycles. The number of carbonyl (C=O) groups is 2. The van der Waals surface area contributed by atoms with E-state index in [4.69, 9.17) is 4.74 Å². The number of rotatable bonds is 6. The van der Waals surface area contributed by atoms with E-state index in [1.54, 1.807) is 6.07 Å². The van der Waals surface area contributed by atoms with E-state index in [0.29, 0.717) is 10.6 Å².